The molecule has 1 heterocycles. The van der Waals surface area contributed by atoms with Gasteiger partial charge < -0.3 is 10.6 Å². The lowest BCUT2D eigenvalue weighted by Crippen LogP contribution is -2.26. The molecule has 1 aliphatic heterocycles. The van der Waals surface area contributed by atoms with Crippen LogP contribution >= 0.6 is 11.6 Å². The van der Waals surface area contributed by atoms with E-state index >= 15 is 0 Å². The van der Waals surface area contributed by atoms with Crippen LogP contribution in [0.3, 0.4) is 0 Å². The highest BCUT2D eigenvalue weighted by Crippen LogP contribution is 2.23. The van der Waals surface area contributed by atoms with Crippen LogP contribution in [0.5, 0.6) is 0 Å². The van der Waals surface area contributed by atoms with E-state index in [0.717, 1.165) is 24.2 Å². The molecule has 2 N–H and O–H groups in total. The third kappa shape index (κ3) is 3.03. The summed E-state index contributed by atoms with van der Waals surface area (Å²) >= 11 is 5.88. The lowest BCUT2D eigenvalue weighted by molar-refractivity contribution is 0.0940. The fraction of sp³-hybridized carbons (Fsp3) is 0.235. The van der Waals surface area contributed by atoms with Gasteiger partial charge in [-0.15, -0.1) is 0 Å². The maximum absolute atomic E-state index is 12.3. The highest BCUT2D eigenvalue weighted by molar-refractivity contribution is 6.30. The molecule has 0 aliphatic carbocycles. The van der Waals surface area contributed by atoms with Crippen LogP contribution in [-0.2, 0) is 6.42 Å². The highest BCUT2D eigenvalue weighted by Gasteiger charge is 2.15. The van der Waals surface area contributed by atoms with Gasteiger partial charge in [0.2, 0.25) is 0 Å². The number of benzene rings is 2. The predicted molar refractivity (Wildman–Crippen MR) is 86.0 cm³/mol. The Morgan fingerprint density at radius 1 is 1.24 bits per heavy atom. The molecule has 1 atom stereocenters. The van der Waals surface area contributed by atoms with E-state index in [-0.39, 0.29) is 11.9 Å². The van der Waals surface area contributed by atoms with Crippen LogP contribution < -0.4 is 10.6 Å². The first-order valence-electron chi connectivity index (χ1n) is 7.06. The number of fused-ring (bicyclic) bond motifs is 1. The van der Waals surface area contributed by atoms with E-state index < -0.39 is 0 Å². The Balaban J connectivity index is 1.72. The third-order valence-electron chi connectivity index (χ3n) is 3.80. The molecule has 0 aromatic heterocycles. The van der Waals surface area contributed by atoms with E-state index in [9.17, 15) is 4.79 Å². The molecular weight excluding hydrogens is 284 g/mol. The Labute approximate surface area is 129 Å². The summed E-state index contributed by atoms with van der Waals surface area (Å²) in [4.78, 5) is 12.3. The number of hydrogen-bond acceptors (Lipinski definition) is 2. The summed E-state index contributed by atoms with van der Waals surface area (Å²) in [6.07, 6.45) is 1.03. The van der Waals surface area contributed by atoms with E-state index in [2.05, 4.69) is 10.6 Å². The van der Waals surface area contributed by atoms with Crippen molar-refractivity contribution in [2.75, 3.05) is 11.9 Å². The Hall–Kier alpha value is -2.00. The van der Waals surface area contributed by atoms with Gasteiger partial charge in [0.25, 0.3) is 5.91 Å². The lowest BCUT2D eigenvalue weighted by atomic mass is 10.1. The van der Waals surface area contributed by atoms with Crippen molar-refractivity contribution < 1.29 is 4.79 Å². The zero-order chi connectivity index (χ0) is 14.8. The van der Waals surface area contributed by atoms with Crippen molar-refractivity contribution in [3.8, 4) is 0 Å². The fourth-order valence-electron chi connectivity index (χ4n) is 2.55. The number of carbonyl (C=O) groups excluding carboxylic acids is 1. The molecule has 0 spiro atoms. The molecule has 0 saturated carbocycles. The standard InChI is InChI=1S/C17H17ClN2O/c1-11(12-4-6-15(18)7-5-12)20-17(21)14-3-2-13-8-9-19-16(13)10-14/h2-7,10-11,19H,8-9H2,1H3,(H,20,21)/t11-/m0/s1. The number of hydrogen-bond donors (Lipinski definition) is 2. The Morgan fingerprint density at radius 2 is 2.00 bits per heavy atom. The van der Waals surface area contributed by atoms with Gasteiger partial charge in [0.1, 0.15) is 0 Å². The Morgan fingerprint density at radius 3 is 2.76 bits per heavy atom. The van der Waals surface area contributed by atoms with Crippen LogP contribution in [0.1, 0.15) is 34.5 Å². The average molecular weight is 301 g/mol. The quantitative estimate of drug-likeness (QED) is 0.905. The number of amides is 1. The minimum Gasteiger partial charge on any atom is -0.384 e. The van der Waals surface area contributed by atoms with Crippen molar-refractivity contribution in [2.45, 2.75) is 19.4 Å². The molecule has 4 heteroatoms. The van der Waals surface area contributed by atoms with Crippen LogP contribution in [0.2, 0.25) is 5.02 Å². The molecular formula is C17H17ClN2O. The molecule has 21 heavy (non-hydrogen) atoms. The van der Waals surface area contributed by atoms with Crippen LogP contribution in [0.15, 0.2) is 42.5 Å². The second kappa shape index (κ2) is 5.78. The topological polar surface area (TPSA) is 41.1 Å². The third-order valence-corrected chi connectivity index (χ3v) is 4.05. The van der Waals surface area contributed by atoms with E-state index in [1.54, 1.807) is 0 Å². The number of rotatable bonds is 3. The number of nitrogens with one attached hydrogen (secondary N) is 2. The first-order chi connectivity index (χ1) is 10.1. The van der Waals surface area contributed by atoms with E-state index in [4.69, 9.17) is 11.6 Å². The van der Waals surface area contributed by atoms with Gasteiger partial charge in [0.05, 0.1) is 6.04 Å². The van der Waals surface area contributed by atoms with Crippen LogP contribution in [-0.4, -0.2) is 12.5 Å². The maximum Gasteiger partial charge on any atom is 0.251 e. The SMILES string of the molecule is C[C@H](NC(=O)c1ccc2c(c1)NCC2)c1ccc(Cl)cc1. The second-order valence-corrected chi connectivity index (χ2v) is 5.73. The predicted octanol–water partition coefficient (Wildman–Crippen LogP) is 3.80. The van der Waals surface area contributed by atoms with E-state index in [1.165, 1.54) is 5.56 Å². The molecule has 2 aromatic rings. The van der Waals surface area contributed by atoms with E-state index in [0.29, 0.717) is 10.6 Å². The fourth-order valence-corrected chi connectivity index (χ4v) is 2.67. The van der Waals surface area contributed by atoms with Gasteiger partial charge in [-0.1, -0.05) is 29.8 Å². The van der Waals surface area contributed by atoms with E-state index in [1.807, 2.05) is 49.4 Å². The lowest BCUT2D eigenvalue weighted by Gasteiger charge is -2.15. The smallest absolute Gasteiger partial charge is 0.251 e. The van der Waals surface area contributed by atoms with Crippen molar-refractivity contribution in [3.05, 3.63) is 64.2 Å². The molecule has 0 radical (unpaired) electrons. The summed E-state index contributed by atoms with van der Waals surface area (Å²) in [5.74, 6) is -0.0612. The van der Waals surface area contributed by atoms with Gasteiger partial charge in [0, 0.05) is 22.8 Å². The van der Waals surface area contributed by atoms with Crippen molar-refractivity contribution in [1.82, 2.24) is 5.32 Å². The largest absolute Gasteiger partial charge is 0.384 e. The summed E-state index contributed by atoms with van der Waals surface area (Å²) in [6, 6.07) is 13.3. The number of carbonyl (C=O) groups is 1. The number of halogens is 1. The highest BCUT2D eigenvalue weighted by atomic mass is 35.5. The number of anilines is 1. The monoisotopic (exact) mass is 300 g/mol. The first-order valence-corrected chi connectivity index (χ1v) is 7.44. The van der Waals surface area contributed by atoms with Gasteiger partial charge in [-0.3, -0.25) is 4.79 Å². The average Bonchev–Trinajstić information content (AvgIpc) is 2.95. The molecule has 3 nitrogen and oxygen atoms in total. The Bertz CT molecular complexity index is 667. The van der Waals surface area contributed by atoms with Gasteiger partial charge in [-0.25, -0.2) is 0 Å². The van der Waals surface area contributed by atoms with Crippen LogP contribution in [0.25, 0.3) is 0 Å². The maximum atomic E-state index is 12.3. The molecule has 3 rings (SSSR count). The second-order valence-electron chi connectivity index (χ2n) is 5.30. The summed E-state index contributed by atoms with van der Waals surface area (Å²) in [7, 11) is 0. The minimum absolute atomic E-state index is 0.0593. The van der Waals surface area contributed by atoms with Crippen molar-refractivity contribution in [1.29, 1.82) is 0 Å². The molecule has 0 fully saturated rings. The molecule has 0 saturated heterocycles. The molecule has 0 unspecified atom stereocenters. The molecule has 1 amide bonds. The van der Waals surface area contributed by atoms with Gasteiger partial charge in [0.15, 0.2) is 0 Å². The zero-order valence-corrected chi connectivity index (χ0v) is 12.6. The molecule has 0 bridgehead atoms. The molecule has 2 aromatic carbocycles. The minimum atomic E-state index is -0.0612. The molecule has 108 valence electrons. The van der Waals surface area contributed by atoms with Crippen LogP contribution in [0.4, 0.5) is 5.69 Å². The van der Waals surface area contributed by atoms with Crippen molar-refractivity contribution in [3.63, 3.8) is 0 Å². The van der Waals surface area contributed by atoms with Crippen molar-refractivity contribution >= 4 is 23.2 Å². The van der Waals surface area contributed by atoms with Gasteiger partial charge in [-0.2, -0.15) is 0 Å². The molecule has 1 aliphatic rings. The normalized spacial score (nSPS) is 14.2. The van der Waals surface area contributed by atoms with Gasteiger partial charge >= 0.3 is 0 Å². The zero-order valence-electron chi connectivity index (χ0n) is 11.8. The Kier molecular flexibility index (Phi) is 3.84. The van der Waals surface area contributed by atoms with Crippen molar-refractivity contribution in [2.24, 2.45) is 0 Å². The summed E-state index contributed by atoms with van der Waals surface area (Å²) in [5, 5.41) is 7.00. The summed E-state index contributed by atoms with van der Waals surface area (Å²) in [5.41, 5.74) is 4.06. The van der Waals surface area contributed by atoms with Crippen LogP contribution in [0, 0.1) is 0 Å². The summed E-state index contributed by atoms with van der Waals surface area (Å²) < 4.78 is 0. The summed E-state index contributed by atoms with van der Waals surface area (Å²) in [6.45, 7) is 2.91. The van der Waals surface area contributed by atoms with Gasteiger partial charge in [-0.05, 0) is 48.7 Å². The first kappa shape index (κ1) is 14.0.